The molecule has 0 spiro atoms. The van der Waals surface area contributed by atoms with Crippen LogP contribution in [0.1, 0.15) is 25.0 Å². The fraction of sp³-hybridized carbons (Fsp3) is 0.409. The summed E-state index contributed by atoms with van der Waals surface area (Å²) in [6.07, 6.45) is 0.819. The number of benzene rings is 2. The summed E-state index contributed by atoms with van der Waals surface area (Å²) in [4.78, 5) is 0. The lowest BCUT2D eigenvalue weighted by Gasteiger charge is -2.14. The van der Waals surface area contributed by atoms with E-state index in [2.05, 4.69) is 10.6 Å². The molecule has 2 aromatic rings. The molecule has 0 bridgehead atoms. The van der Waals surface area contributed by atoms with E-state index >= 15 is 0 Å². The summed E-state index contributed by atoms with van der Waals surface area (Å²) in [5.41, 5.74) is 2.21. The van der Waals surface area contributed by atoms with Crippen molar-refractivity contribution in [1.82, 2.24) is 10.6 Å². The van der Waals surface area contributed by atoms with Crippen molar-refractivity contribution in [3.8, 4) is 23.0 Å². The third-order valence-corrected chi connectivity index (χ3v) is 4.50. The van der Waals surface area contributed by atoms with Crippen molar-refractivity contribution in [2.45, 2.75) is 26.8 Å². The predicted octanol–water partition coefficient (Wildman–Crippen LogP) is 3.71. The molecule has 2 rings (SSSR count). The van der Waals surface area contributed by atoms with Gasteiger partial charge >= 0.3 is 0 Å². The van der Waals surface area contributed by atoms with Gasteiger partial charge in [0.15, 0.2) is 28.1 Å². The molecule has 0 amide bonds. The monoisotopic (exact) mass is 418 g/mol. The minimum atomic E-state index is 0.590. The third-order valence-electron chi connectivity index (χ3n) is 4.21. The minimum Gasteiger partial charge on any atom is -0.493 e. The molecule has 0 aliphatic heterocycles. The normalized spacial score (nSPS) is 10.2. The zero-order valence-corrected chi connectivity index (χ0v) is 18.4. The number of ether oxygens (including phenoxy) is 4. The predicted molar refractivity (Wildman–Crippen MR) is 119 cm³/mol. The summed E-state index contributed by atoms with van der Waals surface area (Å²) < 4.78 is 21.9. The number of thiocarbonyl (C=S) groups is 1. The van der Waals surface area contributed by atoms with E-state index in [0.717, 1.165) is 47.1 Å². The highest BCUT2D eigenvalue weighted by atomic mass is 32.1. The number of nitrogens with one attached hydrogen (secondary N) is 2. The Morgan fingerprint density at radius 3 is 2.10 bits per heavy atom. The van der Waals surface area contributed by atoms with Gasteiger partial charge in [0.05, 0.1) is 27.4 Å². The van der Waals surface area contributed by atoms with Gasteiger partial charge in [-0.15, -0.1) is 0 Å². The van der Waals surface area contributed by atoms with Crippen molar-refractivity contribution in [3.05, 3.63) is 47.5 Å². The molecule has 0 aromatic heterocycles. The largest absolute Gasteiger partial charge is 0.493 e. The van der Waals surface area contributed by atoms with Crippen LogP contribution in [0.25, 0.3) is 0 Å². The molecule has 7 heteroatoms. The first-order chi connectivity index (χ1) is 14.1. The van der Waals surface area contributed by atoms with E-state index in [1.54, 1.807) is 14.2 Å². The van der Waals surface area contributed by atoms with Gasteiger partial charge in [-0.3, -0.25) is 0 Å². The molecule has 0 fully saturated rings. The highest BCUT2D eigenvalue weighted by Crippen LogP contribution is 2.29. The van der Waals surface area contributed by atoms with E-state index in [1.807, 2.05) is 50.2 Å². The second-order valence-electron chi connectivity index (χ2n) is 6.20. The Balaban J connectivity index is 1.82. The lowest BCUT2D eigenvalue weighted by Crippen LogP contribution is -2.35. The Kier molecular flexibility index (Phi) is 9.37. The van der Waals surface area contributed by atoms with Gasteiger partial charge in [-0.2, -0.15) is 0 Å². The number of rotatable bonds is 11. The molecule has 158 valence electrons. The van der Waals surface area contributed by atoms with E-state index < -0.39 is 0 Å². The van der Waals surface area contributed by atoms with Crippen LogP contribution >= 0.6 is 12.2 Å². The zero-order chi connectivity index (χ0) is 21.1. The summed E-state index contributed by atoms with van der Waals surface area (Å²) in [6, 6.07) is 11.8. The van der Waals surface area contributed by atoms with Crippen LogP contribution in [0.4, 0.5) is 0 Å². The van der Waals surface area contributed by atoms with Crippen LogP contribution in [0.3, 0.4) is 0 Å². The van der Waals surface area contributed by atoms with Gasteiger partial charge in [0.2, 0.25) is 0 Å². The second-order valence-corrected chi connectivity index (χ2v) is 6.60. The van der Waals surface area contributed by atoms with Gasteiger partial charge in [0, 0.05) is 13.1 Å². The fourth-order valence-electron chi connectivity index (χ4n) is 2.81. The lowest BCUT2D eigenvalue weighted by atomic mass is 10.1. The first-order valence-electron chi connectivity index (χ1n) is 9.72. The summed E-state index contributed by atoms with van der Waals surface area (Å²) in [5.74, 6) is 2.96. The molecule has 29 heavy (non-hydrogen) atoms. The molecule has 0 unspecified atom stereocenters. The summed E-state index contributed by atoms with van der Waals surface area (Å²) in [5, 5.41) is 7.07. The van der Waals surface area contributed by atoms with Crippen LogP contribution in [0.2, 0.25) is 0 Å². The fourth-order valence-corrected chi connectivity index (χ4v) is 2.98. The molecule has 0 saturated carbocycles. The Bertz CT molecular complexity index is 798. The topological polar surface area (TPSA) is 61.0 Å². The minimum absolute atomic E-state index is 0.590. The molecule has 0 aliphatic carbocycles. The van der Waals surface area contributed by atoms with Crippen molar-refractivity contribution in [2.24, 2.45) is 0 Å². The maximum atomic E-state index is 5.67. The molecule has 0 aliphatic rings. The van der Waals surface area contributed by atoms with Crippen molar-refractivity contribution < 1.29 is 18.9 Å². The average molecular weight is 419 g/mol. The van der Waals surface area contributed by atoms with Crippen molar-refractivity contribution in [1.29, 1.82) is 0 Å². The Hall–Kier alpha value is -2.67. The summed E-state index contributed by atoms with van der Waals surface area (Å²) in [6.45, 7) is 6.43. The highest BCUT2D eigenvalue weighted by molar-refractivity contribution is 7.80. The number of hydrogen-bond acceptors (Lipinski definition) is 5. The summed E-state index contributed by atoms with van der Waals surface area (Å²) in [7, 11) is 3.27. The Morgan fingerprint density at radius 2 is 1.41 bits per heavy atom. The van der Waals surface area contributed by atoms with Gasteiger partial charge in [-0.25, -0.2) is 0 Å². The maximum absolute atomic E-state index is 5.67. The second kappa shape index (κ2) is 12.0. The van der Waals surface area contributed by atoms with Crippen molar-refractivity contribution >= 4 is 17.3 Å². The van der Waals surface area contributed by atoms with Crippen LogP contribution in [-0.2, 0) is 13.0 Å². The van der Waals surface area contributed by atoms with E-state index in [0.29, 0.717) is 24.9 Å². The van der Waals surface area contributed by atoms with Gasteiger partial charge in [0.1, 0.15) is 0 Å². The Morgan fingerprint density at radius 1 is 0.793 bits per heavy atom. The highest BCUT2D eigenvalue weighted by Gasteiger charge is 2.07. The lowest BCUT2D eigenvalue weighted by molar-refractivity contribution is 0.287. The van der Waals surface area contributed by atoms with E-state index in [4.69, 9.17) is 31.2 Å². The van der Waals surface area contributed by atoms with Gasteiger partial charge in [-0.05, 0) is 67.9 Å². The number of hydrogen-bond donors (Lipinski definition) is 2. The van der Waals surface area contributed by atoms with Gasteiger partial charge in [0.25, 0.3) is 0 Å². The molecule has 0 atom stereocenters. The van der Waals surface area contributed by atoms with Crippen LogP contribution in [0.5, 0.6) is 23.0 Å². The summed E-state index contributed by atoms with van der Waals surface area (Å²) >= 11 is 5.39. The first kappa shape index (κ1) is 22.6. The van der Waals surface area contributed by atoms with E-state index in [-0.39, 0.29) is 0 Å². The number of methoxy groups -OCH3 is 2. The maximum Gasteiger partial charge on any atom is 0.166 e. The molecular formula is C22H30N2O4S. The quantitative estimate of drug-likeness (QED) is 0.540. The third kappa shape index (κ3) is 7.02. The molecule has 0 saturated heterocycles. The molecular weight excluding hydrogens is 388 g/mol. The van der Waals surface area contributed by atoms with Crippen molar-refractivity contribution in [2.75, 3.05) is 34.0 Å². The van der Waals surface area contributed by atoms with Crippen LogP contribution in [-0.4, -0.2) is 39.1 Å². The first-order valence-corrected chi connectivity index (χ1v) is 10.1. The van der Waals surface area contributed by atoms with E-state index in [1.165, 1.54) is 0 Å². The van der Waals surface area contributed by atoms with Crippen LogP contribution in [0.15, 0.2) is 36.4 Å². The molecule has 2 aromatic carbocycles. The van der Waals surface area contributed by atoms with E-state index in [9.17, 15) is 0 Å². The molecule has 2 N–H and O–H groups in total. The molecule has 0 radical (unpaired) electrons. The smallest absolute Gasteiger partial charge is 0.166 e. The Labute approximate surface area is 178 Å². The SMILES string of the molecule is CCOc1ccc(CNC(=S)NCCc2ccc(OC)c(OC)c2)cc1OCC. The zero-order valence-electron chi connectivity index (χ0n) is 17.5. The van der Waals surface area contributed by atoms with Gasteiger partial charge in [-0.1, -0.05) is 12.1 Å². The molecule has 6 nitrogen and oxygen atoms in total. The van der Waals surface area contributed by atoms with Gasteiger partial charge < -0.3 is 29.6 Å². The average Bonchev–Trinajstić information content (AvgIpc) is 2.74. The van der Waals surface area contributed by atoms with Crippen LogP contribution < -0.4 is 29.6 Å². The van der Waals surface area contributed by atoms with Crippen molar-refractivity contribution in [3.63, 3.8) is 0 Å². The standard InChI is InChI=1S/C22H30N2O4S/c1-5-27-19-10-8-17(14-21(19)28-6-2)15-24-22(29)23-12-11-16-7-9-18(25-3)20(13-16)26-4/h7-10,13-14H,5-6,11-12,15H2,1-4H3,(H2,23,24,29). The van der Waals surface area contributed by atoms with Crippen LogP contribution in [0, 0.1) is 0 Å². The molecule has 0 heterocycles.